The lowest BCUT2D eigenvalue weighted by molar-refractivity contribution is -0.147. The molecule has 0 spiro atoms. The largest absolute Gasteiger partial charge is 0.468 e. The molecule has 1 N–H and O–H groups in total. The van der Waals surface area contributed by atoms with Crippen molar-refractivity contribution in [2.75, 3.05) is 13.7 Å². The zero-order chi connectivity index (χ0) is 8.48. The van der Waals surface area contributed by atoms with Crippen molar-refractivity contribution in [3.8, 4) is 0 Å². The standard InChI is InChI=1S/C7H12FNO2/c1-7(6(10)11-2)3-5(8)4-9-7/h5,9H,3-4H2,1-2H3/t5-,7+/m1/s1. The second kappa shape index (κ2) is 2.77. The fourth-order valence-electron chi connectivity index (χ4n) is 1.30. The molecule has 1 fully saturated rings. The van der Waals surface area contributed by atoms with E-state index in [0.29, 0.717) is 0 Å². The number of carbonyl (C=O) groups excluding carboxylic acids is 1. The van der Waals surface area contributed by atoms with Crippen molar-refractivity contribution in [2.24, 2.45) is 0 Å². The molecule has 0 aromatic rings. The van der Waals surface area contributed by atoms with Crippen LogP contribution in [0.5, 0.6) is 0 Å². The molecule has 0 saturated carbocycles. The lowest BCUT2D eigenvalue weighted by Gasteiger charge is -2.19. The summed E-state index contributed by atoms with van der Waals surface area (Å²) in [5.41, 5.74) is -0.811. The van der Waals surface area contributed by atoms with Gasteiger partial charge in [0.25, 0.3) is 0 Å². The molecule has 11 heavy (non-hydrogen) atoms. The van der Waals surface area contributed by atoms with Crippen LogP contribution in [-0.2, 0) is 9.53 Å². The summed E-state index contributed by atoms with van der Waals surface area (Å²) in [5, 5.41) is 2.78. The van der Waals surface area contributed by atoms with Gasteiger partial charge in [-0.15, -0.1) is 0 Å². The number of methoxy groups -OCH3 is 1. The van der Waals surface area contributed by atoms with Gasteiger partial charge in [-0.3, -0.25) is 10.1 Å². The van der Waals surface area contributed by atoms with Crippen LogP contribution in [0.2, 0.25) is 0 Å². The average molecular weight is 161 g/mol. The molecule has 1 saturated heterocycles. The third-order valence-corrected chi connectivity index (χ3v) is 1.98. The molecule has 0 unspecified atom stereocenters. The number of rotatable bonds is 1. The Bertz CT molecular complexity index is 174. The van der Waals surface area contributed by atoms with Gasteiger partial charge >= 0.3 is 5.97 Å². The molecule has 0 amide bonds. The lowest BCUT2D eigenvalue weighted by atomic mass is 10.0. The summed E-state index contributed by atoms with van der Waals surface area (Å²) >= 11 is 0. The zero-order valence-corrected chi connectivity index (χ0v) is 6.69. The van der Waals surface area contributed by atoms with Crippen LogP contribution in [0.1, 0.15) is 13.3 Å². The topological polar surface area (TPSA) is 38.3 Å². The number of carbonyl (C=O) groups is 1. The molecular formula is C7H12FNO2. The molecular weight excluding hydrogens is 149 g/mol. The highest BCUT2D eigenvalue weighted by molar-refractivity contribution is 5.80. The Morgan fingerprint density at radius 2 is 2.45 bits per heavy atom. The van der Waals surface area contributed by atoms with E-state index in [2.05, 4.69) is 10.1 Å². The van der Waals surface area contributed by atoms with Crippen LogP contribution in [0.3, 0.4) is 0 Å². The first-order valence-electron chi connectivity index (χ1n) is 3.56. The van der Waals surface area contributed by atoms with Gasteiger partial charge in [-0.05, 0) is 6.92 Å². The lowest BCUT2D eigenvalue weighted by Crippen LogP contribution is -2.45. The van der Waals surface area contributed by atoms with Crippen LogP contribution in [0, 0.1) is 0 Å². The fourth-order valence-corrected chi connectivity index (χ4v) is 1.30. The smallest absolute Gasteiger partial charge is 0.325 e. The monoisotopic (exact) mass is 161 g/mol. The second-order valence-electron chi connectivity index (χ2n) is 3.01. The maximum atomic E-state index is 12.6. The minimum atomic E-state index is -0.931. The van der Waals surface area contributed by atoms with Gasteiger partial charge in [0.1, 0.15) is 11.7 Å². The van der Waals surface area contributed by atoms with Crippen molar-refractivity contribution in [2.45, 2.75) is 25.1 Å². The van der Waals surface area contributed by atoms with Gasteiger partial charge in [-0.1, -0.05) is 0 Å². The predicted molar refractivity (Wildman–Crippen MR) is 37.9 cm³/mol. The maximum absolute atomic E-state index is 12.6. The normalized spacial score (nSPS) is 37.2. The molecule has 2 atom stereocenters. The number of hydrogen-bond donors (Lipinski definition) is 1. The van der Waals surface area contributed by atoms with E-state index >= 15 is 0 Å². The summed E-state index contributed by atoms with van der Waals surface area (Å²) in [4.78, 5) is 11.0. The van der Waals surface area contributed by atoms with Gasteiger partial charge in [-0.2, -0.15) is 0 Å². The van der Waals surface area contributed by atoms with Crippen LogP contribution in [0.25, 0.3) is 0 Å². The number of esters is 1. The van der Waals surface area contributed by atoms with Crippen LogP contribution >= 0.6 is 0 Å². The highest BCUT2D eigenvalue weighted by Gasteiger charge is 2.41. The molecule has 1 heterocycles. The number of hydrogen-bond acceptors (Lipinski definition) is 3. The summed E-state index contributed by atoms with van der Waals surface area (Å²) in [5.74, 6) is -0.391. The minimum absolute atomic E-state index is 0.208. The fraction of sp³-hybridized carbons (Fsp3) is 0.857. The summed E-state index contributed by atoms with van der Waals surface area (Å²) in [6.07, 6.45) is -0.723. The average Bonchev–Trinajstić information content (AvgIpc) is 2.31. The van der Waals surface area contributed by atoms with Gasteiger partial charge in [0.05, 0.1) is 7.11 Å². The summed E-state index contributed by atoms with van der Waals surface area (Å²) in [6.45, 7) is 1.89. The van der Waals surface area contributed by atoms with Crippen LogP contribution < -0.4 is 5.32 Å². The highest BCUT2D eigenvalue weighted by Crippen LogP contribution is 2.22. The second-order valence-corrected chi connectivity index (χ2v) is 3.01. The zero-order valence-electron chi connectivity index (χ0n) is 6.69. The van der Waals surface area contributed by atoms with E-state index in [1.54, 1.807) is 6.92 Å². The number of alkyl halides is 1. The summed E-state index contributed by atoms with van der Waals surface area (Å²) in [6, 6.07) is 0. The Hall–Kier alpha value is -0.640. The van der Waals surface area contributed by atoms with Gasteiger partial charge in [0.15, 0.2) is 0 Å². The first-order chi connectivity index (χ1) is 5.08. The van der Waals surface area contributed by atoms with E-state index in [0.717, 1.165) is 0 Å². The van der Waals surface area contributed by atoms with Crippen molar-refractivity contribution in [1.82, 2.24) is 5.32 Å². The van der Waals surface area contributed by atoms with Crippen molar-refractivity contribution in [3.05, 3.63) is 0 Å². The van der Waals surface area contributed by atoms with E-state index < -0.39 is 17.7 Å². The van der Waals surface area contributed by atoms with Crippen molar-refractivity contribution >= 4 is 5.97 Å². The molecule has 0 bridgehead atoms. The van der Waals surface area contributed by atoms with E-state index in [9.17, 15) is 9.18 Å². The van der Waals surface area contributed by atoms with Gasteiger partial charge in [0, 0.05) is 13.0 Å². The molecule has 1 aliphatic heterocycles. The Balaban J connectivity index is 2.61. The van der Waals surface area contributed by atoms with Gasteiger partial charge < -0.3 is 4.74 Å². The van der Waals surface area contributed by atoms with Crippen molar-refractivity contribution in [3.63, 3.8) is 0 Å². The first-order valence-corrected chi connectivity index (χ1v) is 3.56. The molecule has 0 aromatic carbocycles. The van der Waals surface area contributed by atoms with Crippen LogP contribution in [-0.4, -0.2) is 31.3 Å². The quantitative estimate of drug-likeness (QED) is 0.560. The molecule has 1 rings (SSSR count). The van der Waals surface area contributed by atoms with Crippen molar-refractivity contribution in [1.29, 1.82) is 0 Å². The van der Waals surface area contributed by atoms with Gasteiger partial charge in [0.2, 0.25) is 0 Å². The highest BCUT2D eigenvalue weighted by atomic mass is 19.1. The molecule has 0 aliphatic carbocycles. The molecule has 0 aromatic heterocycles. The molecule has 1 aliphatic rings. The predicted octanol–water partition coefficient (Wildman–Crippen LogP) is 0.249. The van der Waals surface area contributed by atoms with E-state index in [-0.39, 0.29) is 13.0 Å². The van der Waals surface area contributed by atoms with E-state index in [1.165, 1.54) is 7.11 Å². The Morgan fingerprint density at radius 3 is 2.82 bits per heavy atom. The van der Waals surface area contributed by atoms with E-state index in [1.807, 2.05) is 0 Å². The van der Waals surface area contributed by atoms with Crippen LogP contribution in [0.15, 0.2) is 0 Å². The third kappa shape index (κ3) is 1.50. The Labute approximate surface area is 64.9 Å². The SMILES string of the molecule is COC(=O)[C@]1(C)C[C@@H](F)CN1. The summed E-state index contributed by atoms with van der Waals surface area (Å²) in [7, 11) is 1.31. The molecule has 3 nitrogen and oxygen atoms in total. The molecule has 4 heteroatoms. The maximum Gasteiger partial charge on any atom is 0.325 e. The third-order valence-electron chi connectivity index (χ3n) is 1.98. The minimum Gasteiger partial charge on any atom is -0.468 e. The molecule has 64 valence electrons. The van der Waals surface area contributed by atoms with Gasteiger partial charge in [-0.25, -0.2) is 4.39 Å². The van der Waals surface area contributed by atoms with E-state index in [4.69, 9.17) is 0 Å². The molecule has 0 radical (unpaired) electrons. The Morgan fingerprint density at radius 1 is 1.82 bits per heavy atom. The summed E-state index contributed by atoms with van der Waals surface area (Å²) < 4.78 is 17.2. The number of halogens is 1. The first kappa shape index (κ1) is 8.46. The van der Waals surface area contributed by atoms with Crippen molar-refractivity contribution < 1.29 is 13.9 Å². The Kier molecular flexibility index (Phi) is 2.13. The van der Waals surface area contributed by atoms with Crippen LogP contribution in [0.4, 0.5) is 4.39 Å². The number of nitrogens with one attached hydrogen (secondary N) is 1. The number of ether oxygens (including phenoxy) is 1.